The van der Waals surface area contributed by atoms with Crippen molar-refractivity contribution < 1.29 is 8.85 Å². The van der Waals surface area contributed by atoms with E-state index in [1.807, 2.05) is 0 Å². The van der Waals surface area contributed by atoms with Crippen LogP contribution in [0.15, 0.2) is 0 Å². The molecular weight excluding hydrogens is 252 g/mol. The van der Waals surface area contributed by atoms with Crippen molar-refractivity contribution in [1.29, 1.82) is 0 Å². The van der Waals surface area contributed by atoms with Crippen molar-refractivity contribution in [3.8, 4) is 0 Å². The highest BCUT2D eigenvalue weighted by Crippen LogP contribution is 2.21. The largest absolute Gasteiger partial charge is 0.394 e. The summed E-state index contributed by atoms with van der Waals surface area (Å²) in [5, 5.41) is 0. The highest BCUT2D eigenvalue weighted by molar-refractivity contribution is 6.67. The standard InChI is InChI=1S/C16H36O2Si/c1-7-15(5)11-13-17-19(9-3,10-4)18-14-12-16(6)8-2/h15-16H,7-14H2,1-6H3. The fourth-order valence-electron chi connectivity index (χ4n) is 2.00. The Balaban J connectivity index is 4.10. The van der Waals surface area contributed by atoms with E-state index in [2.05, 4.69) is 41.5 Å². The SMILES string of the molecule is CCC(C)CCO[Si](CC)(CC)OCCC(C)CC. The molecule has 0 aliphatic rings. The minimum absolute atomic E-state index is 0.764. The molecule has 0 amide bonds. The smallest absolute Gasteiger partial charge is 0.337 e. The van der Waals surface area contributed by atoms with Crippen LogP contribution < -0.4 is 0 Å². The van der Waals surface area contributed by atoms with Gasteiger partial charge in [-0.1, -0.05) is 54.4 Å². The molecule has 2 unspecified atom stereocenters. The Kier molecular flexibility index (Phi) is 10.9. The lowest BCUT2D eigenvalue weighted by Crippen LogP contribution is -2.41. The van der Waals surface area contributed by atoms with Gasteiger partial charge in [-0.15, -0.1) is 0 Å². The van der Waals surface area contributed by atoms with Crippen LogP contribution in [0, 0.1) is 11.8 Å². The van der Waals surface area contributed by atoms with Gasteiger partial charge in [-0.3, -0.25) is 0 Å². The summed E-state index contributed by atoms with van der Waals surface area (Å²) in [4.78, 5) is 0. The van der Waals surface area contributed by atoms with Gasteiger partial charge >= 0.3 is 8.56 Å². The first-order valence-corrected chi connectivity index (χ1v) is 10.5. The molecule has 0 aliphatic carbocycles. The Morgan fingerprint density at radius 3 is 1.37 bits per heavy atom. The predicted molar refractivity (Wildman–Crippen MR) is 86.8 cm³/mol. The number of hydrogen-bond acceptors (Lipinski definition) is 2. The van der Waals surface area contributed by atoms with Crippen LogP contribution in [0.4, 0.5) is 0 Å². The highest BCUT2D eigenvalue weighted by Gasteiger charge is 2.33. The van der Waals surface area contributed by atoms with Crippen molar-refractivity contribution in [2.24, 2.45) is 11.8 Å². The van der Waals surface area contributed by atoms with E-state index >= 15 is 0 Å². The summed E-state index contributed by atoms with van der Waals surface area (Å²) in [5.74, 6) is 1.53. The van der Waals surface area contributed by atoms with E-state index in [9.17, 15) is 0 Å². The first-order valence-electron chi connectivity index (χ1n) is 8.31. The molecule has 116 valence electrons. The molecule has 0 saturated carbocycles. The summed E-state index contributed by atoms with van der Waals surface area (Å²) in [6, 6.07) is 2.15. The van der Waals surface area contributed by atoms with Crippen molar-refractivity contribution in [2.75, 3.05) is 13.2 Å². The minimum atomic E-state index is -1.90. The molecule has 19 heavy (non-hydrogen) atoms. The van der Waals surface area contributed by atoms with Crippen molar-refractivity contribution in [3.05, 3.63) is 0 Å². The molecule has 0 bridgehead atoms. The van der Waals surface area contributed by atoms with E-state index in [-0.39, 0.29) is 0 Å². The molecule has 0 saturated heterocycles. The molecule has 2 atom stereocenters. The number of hydrogen-bond donors (Lipinski definition) is 0. The van der Waals surface area contributed by atoms with Crippen molar-refractivity contribution in [2.45, 2.75) is 79.3 Å². The lowest BCUT2D eigenvalue weighted by Gasteiger charge is -2.29. The topological polar surface area (TPSA) is 18.5 Å². The third-order valence-corrected chi connectivity index (χ3v) is 8.04. The first kappa shape index (κ1) is 19.1. The van der Waals surface area contributed by atoms with E-state index in [0.717, 1.165) is 37.1 Å². The first-order chi connectivity index (χ1) is 9.03. The van der Waals surface area contributed by atoms with Crippen LogP contribution in [-0.2, 0) is 8.85 Å². The van der Waals surface area contributed by atoms with Crippen molar-refractivity contribution in [1.82, 2.24) is 0 Å². The zero-order chi connectivity index (χ0) is 14.7. The zero-order valence-electron chi connectivity index (χ0n) is 14.1. The van der Waals surface area contributed by atoms with Gasteiger partial charge in [-0.05, 0) is 36.8 Å². The van der Waals surface area contributed by atoms with Gasteiger partial charge in [0.1, 0.15) is 0 Å². The second-order valence-corrected chi connectivity index (χ2v) is 9.73. The molecular formula is C16H36O2Si. The summed E-state index contributed by atoms with van der Waals surface area (Å²) in [6.07, 6.45) is 4.82. The van der Waals surface area contributed by atoms with Gasteiger partial charge in [-0.25, -0.2) is 0 Å². The van der Waals surface area contributed by atoms with Gasteiger partial charge < -0.3 is 8.85 Å². The van der Waals surface area contributed by atoms with Crippen molar-refractivity contribution >= 4 is 8.56 Å². The van der Waals surface area contributed by atoms with E-state index in [1.165, 1.54) is 25.7 Å². The lowest BCUT2D eigenvalue weighted by atomic mass is 10.1. The van der Waals surface area contributed by atoms with Gasteiger partial charge in [0.2, 0.25) is 0 Å². The molecule has 0 fully saturated rings. The minimum Gasteiger partial charge on any atom is -0.394 e. The monoisotopic (exact) mass is 288 g/mol. The summed E-state index contributed by atoms with van der Waals surface area (Å²) in [5.41, 5.74) is 0. The van der Waals surface area contributed by atoms with Crippen LogP contribution in [0.3, 0.4) is 0 Å². The van der Waals surface area contributed by atoms with Gasteiger partial charge in [0.15, 0.2) is 0 Å². The van der Waals surface area contributed by atoms with Gasteiger partial charge in [-0.2, -0.15) is 0 Å². The Labute approximate surface area is 122 Å². The van der Waals surface area contributed by atoms with E-state index < -0.39 is 8.56 Å². The van der Waals surface area contributed by atoms with Crippen LogP contribution in [0.5, 0.6) is 0 Å². The van der Waals surface area contributed by atoms with Gasteiger partial charge in [0.25, 0.3) is 0 Å². The molecule has 0 radical (unpaired) electrons. The maximum Gasteiger partial charge on any atom is 0.337 e. The maximum atomic E-state index is 6.23. The Morgan fingerprint density at radius 2 is 1.11 bits per heavy atom. The molecule has 0 spiro atoms. The number of rotatable bonds is 12. The Hall–Kier alpha value is 0.137. The molecule has 0 aromatic rings. The molecule has 0 rings (SSSR count). The molecule has 0 heterocycles. The molecule has 3 heteroatoms. The van der Waals surface area contributed by atoms with E-state index in [0.29, 0.717) is 0 Å². The molecule has 0 aromatic heterocycles. The predicted octanol–water partition coefficient (Wildman–Crippen LogP) is 5.37. The second kappa shape index (κ2) is 10.9. The normalized spacial score (nSPS) is 15.5. The average Bonchev–Trinajstić information content (AvgIpc) is 2.45. The van der Waals surface area contributed by atoms with Crippen molar-refractivity contribution in [3.63, 3.8) is 0 Å². The van der Waals surface area contributed by atoms with Crippen LogP contribution >= 0.6 is 0 Å². The quantitative estimate of drug-likeness (QED) is 0.449. The van der Waals surface area contributed by atoms with Crippen LogP contribution in [-0.4, -0.2) is 21.8 Å². The maximum absolute atomic E-state index is 6.23. The Bertz CT molecular complexity index is 187. The molecule has 0 N–H and O–H groups in total. The molecule has 0 aromatic carbocycles. The Morgan fingerprint density at radius 1 is 0.737 bits per heavy atom. The zero-order valence-corrected chi connectivity index (χ0v) is 15.1. The summed E-state index contributed by atoms with van der Waals surface area (Å²) >= 11 is 0. The summed E-state index contributed by atoms with van der Waals surface area (Å²) in [6.45, 7) is 15.3. The summed E-state index contributed by atoms with van der Waals surface area (Å²) in [7, 11) is -1.90. The average molecular weight is 289 g/mol. The highest BCUT2D eigenvalue weighted by atomic mass is 28.4. The van der Waals surface area contributed by atoms with Crippen LogP contribution in [0.2, 0.25) is 12.1 Å². The molecule has 2 nitrogen and oxygen atoms in total. The third-order valence-electron chi connectivity index (χ3n) is 4.42. The van der Waals surface area contributed by atoms with E-state index in [1.54, 1.807) is 0 Å². The summed E-state index contributed by atoms with van der Waals surface area (Å²) < 4.78 is 12.5. The van der Waals surface area contributed by atoms with Crippen LogP contribution in [0.1, 0.15) is 67.2 Å². The van der Waals surface area contributed by atoms with Crippen LogP contribution in [0.25, 0.3) is 0 Å². The fraction of sp³-hybridized carbons (Fsp3) is 1.00. The molecule has 0 aliphatic heterocycles. The fourth-order valence-corrected chi connectivity index (χ4v) is 4.38. The van der Waals surface area contributed by atoms with Gasteiger partial charge in [0.05, 0.1) is 0 Å². The second-order valence-electron chi connectivity index (χ2n) is 5.92. The van der Waals surface area contributed by atoms with Gasteiger partial charge in [0, 0.05) is 13.2 Å². The lowest BCUT2D eigenvalue weighted by molar-refractivity contribution is 0.152. The third kappa shape index (κ3) is 8.11. The van der Waals surface area contributed by atoms with E-state index in [4.69, 9.17) is 8.85 Å².